The van der Waals surface area contributed by atoms with Gasteiger partial charge in [0.15, 0.2) is 0 Å². The van der Waals surface area contributed by atoms with Crippen LogP contribution in [0.25, 0.3) is 11.3 Å². The quantitative estimate of drug-likeness (QED) is 0.505. The van der Waals surface area contributed by atoms with Crippen LogP contribution >= 0.6 is 0 Å². The van der Waals surface area contributed by atoms with Crippen LogP contribution in [0.4, 0.5) is 0 Å². The highest BCUT2D eigenvalue weighted by molar-refractivity contribution is 5.58. The minimum absolute atomic E-state index is 0.0796. The first-order valence-corrected chi connectivity index (χ1v) is 8.25. The van der Waals surface area contributed by atoms with Crippen molar-refractivity contribution in [1.29, 1.82) is 0 Å². The molecule has 0 aliphatic rings. The Balaban J connectivity index is 1.50. The van der Waals surface area contributed by atoms with Gasteiger partial charge in [-0.25, -0.2) is 4.98 Å². The third-order valence-electron chi connectivity index (χ3n) is 4.24. The smallest absolute Gasteiger partial charge is 0.0922 e. The fraction of sp³-hybridized carbons (Fsp3) is 0.100. The first kappa shape index (κ1) is 15.4. The predicted molar refractivity (Wildman–Crippen MR) is 97.7 cm³/mol. The van der Waals surface area contributed by atoms with Crippen LogP contribution in [0.15, 0.2) is 79.4 Å². The maximum absolute atomic E-state index is 4.16. The standard InChI is InChI=1S/C20H19N5/c1-2-4-17(5-3-1)20(19-13-21-14-23-19)22-12-15-6-8-16(9-7-15)18-10-11-24-25-18/h1-11,13-14,20,22H,12H2,(H,21,23)(H,24,25). The number of aromatic nitrogens is 4. The number of benzene rings is 2. The topological polar surface area (TPSA) is 69.4 Å². The van der Waals surface area contributed by atoms with Crippen molar-refractivity contribution in [2.24, 2.45) is 0 Å². The lowest BCUT2D eigenvalue weighted by Gasteiger charge is -2.18. The highest BCUT2D eigenvalue weighted by Crippen LogP contribution is 2.21. The number of aromatic amines is 2. The lowest BCUT2D eigenvalue weighted by atomic mass is 10.0. The summed E-state index contributed by atoms with van der Waals surface area (Å²) in [6, 6.07) is 20.9. The predicted octanol–water partition coefficient (Wildman–Crippen LogP) is 3.68. The van der Waals surface area contributed by atoms with Crippen LogP contribution in [0.5, 0.6) is 0 Å². The highest BCUT2D eigenvalue weighted by atomic mass is 15.1. The molecule has 1 unspecified atom stereocenters. The van der Waals surface area contributed by atoms with E-state index < -0.39 is 0 Å². The fourth-order valence-electron chi connectivity index (χ4n) is 2.92. The highest BCUT2D eigenvalue weighted by Gasteiger charge is 2.14. The molecular formula is C20H19N5. The summed E-state index contributed by atoms with van der Waals surface area (Å²) in [6.07, 6.45) is 5.35. The molecule has 25 heavy (non-hydrogen) atoms. The van der Waals surface area contributed by atoms with Gasteiger partial charge >= 0.3 is 0 Å². The zero-order valence-corrected chi connectivity index (χ0v) is 13.7. The molecule has 5 nitrogen and oxygen atoms in total. The monoisotopic (exact) mass is 329 g/mol. The number of H-pyrrole nitrogens is 2. The SMILES string of the molecule is c1ccc(C(NCc2ccc(-c3ccn[nH]3)cc2)c2cnc[nH]2)cc1. The van der Waals surface area contributed by atoms with Gasteiger partial charge in [0.1, 0.15) is 0 Å². The Bertz CT molecular complexity index is 881. The molecule has 0 amide bonds. The van der Waals surface area contributed by atoms with E-state index in [2.05, 4.69) is 74.0 Å². The first-order chi connectivity index (χ1) is 12.4. The number of nitrogens with one attached hydrogen (secondary N) is 3. The molecule has 5 heteroatoms. The van der Waals surface area contributed by atoms with Gasteiger partial charge in [-0.15, -0.1) is 0 Å². The van der Waals surface area contributed by atoms with Crippen molar-refractivity contribution in [2.75, 3.05) is 0 Å². The molecule has 1 atom stereocenters. The Morgan fingerprint density at radius 2 is 1.80 bits per heavy atom. The average molecular weight is 329 g/mol. The molecule has 0 saturated carbocycles. The lowest BCUT2D eigenvalue weighted by Crippen LogP contribution is -2.22. The summed E-state index contributed by atoms with van der Waals surface area (Å²) < 4.78 is 0. The second-order valence-corrected chi connectivity index (χ2v) is 5.90. The van der Waals surface area contributed by atoms with E-state index in [1.54, 1.807) is 12.5 Å². The normalized spacial score (nSPS) is 12.2. The third kappa shape index (κ3) is 3.51. The first-order valence-electron chi connectivity index (χ1n) is 8.25. The van der Waals surface area contributed by atoms with E-state index in [9.17, 15) is 0 Å². The maximum atomic E-state index is 4.16. The zero-order valence-electron chi connectivity index (χ0n) is 13.7. The van der Waals surface area contributed by atoms with Crippen molar-refractivity contribution < 1.29 is 0 Å². The van der Waals surface area contributed by atoms with Gasteiger partial charge in [0, 0.05) is 18.9 Å². The third-order valence-corrected chi connectivity index (χ3v) is 4.24. The van der Waals surface area contributed by atoms with E-state index in [1.807, 2.05) is 18.3 Å². The van der Waals surface area contributed by atoms with Crippen LogP contribution in [-0.2, 0) is 6.54 Å². The van der Waals surface area contributed by atoms with E-state index in [0.717, 1.165) is 23.5 Å². The van der Waals surface area contributed by atoms with Gasteiger partial charge in [-0.1, -0.05) is 54.6 Å². The Hall–Kier alpha value is -3.18. The van der Waals surface area contributed by atoms with E-state index in [1.165, 1.54) is 11.1 Å². The molecule has 0 aliphatic carbocycles. The van der Waals surface area contributed by atoms with E-state index in [4.69, 9.17) is 0 Å². The second-order valence-electron chi connectivity index (χ2n) is 5.90. The molecular weight excluding hydrogens is 310 g/mol. The van der Waals surface area contributed by atoms with E-state index >= 15 is 0 Å². The molecule has 0 aliphatic heterocycles. The van der Waals surface area contributed by atoms with Gasteiger partial charge in [-0.3, -0.25) is 5.10 Å². The van der Waals surface area contributed by atoms with Crippen molar-refractivity contribution in [2.45, 2.75) is 12.6 Å². The molecule has 2 heterocycles. The molecule has 3 N–H and O–H groups in total. The summed E-state index contributed by atoms with van der Waals surface area (Å²) >= 11 is 0. The number of hydrogen-bond acceptors (Lipinski definition) is 3. The van der Waals surface area contributed by atoms with Crippen LogP contribution in [0.1, 0.15) is 22.9 Å². The van der Waals surface area contributed by atoms with E-state index in [0.29, 0.717) is 0 Å². The molecule has 0 radical (unpaired) electrons. The van der Waals surface area contributed by atoms with Crippen molar-refractivity contribution in [3.05, 3.63) is 96.2 Å². The van der Waals surface area contributed by atoms with Gasteiger partial charge in [0.25, 0.3) is 0 Å². The fourth-order valence-corrected chi connectivity index (χ4v) is 2.92. The summed E-state index contributed by atoms with van der Waals surface area (Å²) in [5, 5.41) is 10.6. The Morgan fingerprint density at radius 3 is 2.48 bits per heavy atom. The van der Waals surface area contributed by atoms with Crippen LogP contribution < -0.4 is 5.32 Å². The van der Waals surface area contributed by atoms with Gasteiger partial charge in [-0.05, 0) is 22.8 Å². The van der Waals surface area contributed by atoms with Crippen molar-refractivity contribution >= 4 is 0 Å². The summed E-state index contributed by atoms with van der Waals surface area (Å²) in [7, 11) is 0. The minimum Gasteiger partial charge on any atom is -0.347 e. The molecule has 124 valence electrons. The summed E-state index contributed by atoms with van der Waals surface area (Å²) in [4.78, 5) is 7.37. The molecule has 4 aromatic rings. The van der Waals surface area contributed by atoms with Crippen molar-refractivity contribution in [3.63, 3.8) is 0 Å². The summed E-state index contributed by atoms with van der Waals surface area (Å²) in [5.74, 6) is 0. The molecule has 0 bridgehead atoms. The van der Waals surface area contributed by atoms with Crippen LogP contribution in [0.3, 0.4) is 0 Å². The van der Waals surface area contributed by atoms with Gasteiger partial charge in [0.2, 0.25) is 0 Å². The Labute approximate surface area is 146 Å². The van der Waals surface area contributed by atoms with Crippen LogP contribution in [-0.4, -0.2) is 20.2 Å². The number of imidazole rings is 1. The molecule has 2 aromatic carbocycles. The van der Waals surface area contributed by atoms with Gasteiger partial charge in [0.05, 0.1) is 23.8 Å². The summed E-state index contributed by atoms with van der Waals surface area (Å²) in [5.41, 5.74) is 5.65. The Morgan fingerprint density at radius 1 is 0.960 bits per heavy atom. The van der Waals surface area contributed by atoms with Crippen molar-refractivity contribution in [3.8, 4) is 11.3 Å². The second kappa shape index (κ2) is 7.15. The maximum Gasteiger partial charge on any atom is 0.0922 e. The largest absolute Gasteiger partial charge is 0.347 e. The number of rotatable bonds is 6. The molecule has 0 fully saturated rings. The van der Waals surface area contributed by atoms with Gasteiger partial charge in [-0.2, -0.15) is 5.10 Å². The lowest BCUT2D eigenvalue weighted by molar-refractivity contribution is 0.594. The van der Waals surface area contributed by atoms with Crippen LogP contribution in [0.2, 0.25) is 0 Å². The van der Waals surface area contributed by atoms with Crippen LogP contribution in [0, 0.1) is 0 Å². The zero-order chi connectivity index (χ0) is 16.9. The summed E-state index contributed by atoms with van der Waals surface area (Å²) in [6.45, 7) is 0.766. The Kier molecular flexibility index (Phi) is 4.39. The number of nitrogens with zero attached hydrogens (tertiary/aromatic N) is 2. The molecule has 2 aromatic heterocycles. The van der Waals surface area contributed by atoms with Gasteiger partial charge < -0.3 is 10.3 Å². The molecule has 4 rings (SSSR count). The van der Waals surface area contributed by atoms with Crippen molar-refractivity contribution in [1.82, 2.24) is 25.5 Å². The number of hydrogen-bond donors (Lipinski definition) is 3. The molecule has 0 spiro atoms. The average Bonchev–Trinajstić information content (AvgIpc) is 3.38. The molecule has 0 saturated heterocycles. The minimum atomic E-state index is 0.0796. The van der Waals surface area contributed by atoms with E-state index in [-0.39, 0.29) is 6.04 Å².